The van der Waals surface area contributed by atoms with Crippen LogP contribution in [0, 0.1) is 6.92 Å². The van der Waals surface area contributed by atoms with Gasteiger partial charge < -0.3 is 5.73 Å². The summed E-state index contributed by atoms with van der Waals surface area (Å²) in [6, 6.07) is 8.45. The van der Waals surface area contributed by atoms with Gasteiger partial charge in [0, 0.05) is 11.3 Å². The van der Waals surface area contributed by atoms with Crippen LogP contribution in [-0.2, 0) is 6.42 Å². The van der Waals surface area contributed by atoms with Crippen molar-refractivity contribution in [2.75, 3.05) is 5.73 Å². The molecule has 1 aromatic carbocycles. The van der Waals surface area contributed by atoms with Crippen LogP contribution in [0.4, 0.5) is 5.82 Å². The van der Waals surface area contributed by atoms with Crippen molar-refractivity contribution in [1.82, 2.24) is 10.2 Å². The van der Waals surface area contributed by atoms with Crippen LogP contribution >= 0.6 is 0 Å². The van der Waals surface area contributed by atoms with Crippen molar-refractivity contribution in [1.29, 1.82) is 0 Å². The van der Waals surface area contributed by atoms with Crippen LogP contribution in [0.25, 0.3) is 11.1 Å². The van der Waals surface area contributed by atoms with Crippen molar-refractivity contribution in [3.8, 4) is 11.1 Å². The summed E-state index contributed by atoms with van der Waals surface area (Å²) in [7, 11) is 0. The van der Waals surface area contributed by atoms with E-state index in [0.29, 0.717) is 5.82 Å². The maximum Gasteiger partial charge on any atom is 0.153 e. The first-order valence-corrected chi connectivity index (χ1v) is 7.62. The molecule has 20 heavy (non-hydrogen) atoms. The number of anilines is 1. The number of aromatic nitrogens is 2. The number of nitrogens with two attached hydrogens (primary N) is 1. The Bertz CT molecular complexity index is 543. The number of aryl methyl sites for hydroxylation is 2. The minimum absolute atomic E-state index is 0.610. The predicted octanol–water partition coefficient (Wildman–Crippen LogP) is 4.48. The average Bonchev–Trinajstić information content (AvgIpc) is 2.80. The number of hydrogen-bond acceptors (Lipinski definition) is 2. The molecule has 0 saturated heterocycles. The zero-order valence-corrected chi connectivity index (χ0v) is 12.6. The molecule has 0 spiro atoms. The Kier molecular flexibility index (Phi) is 5.22. The third-order valence-electron chi connectivity index (χ3n) is 3.71. The lowest BCUT2D eigenvalue weighted by atomic mass is 10.00. The lowest BCUT2D eigenvalue weighted by molar-refractivity contribution is 0.628. The van der Waals surface area contributed by atoms with Gasteiger partial charge in [-0.05, 0) is 25.3 Å². The summed E-state index contributed by atoms with van der Waals surface area (Å²) in [5, 5.41) is 7.30. The zero-order chi connectivity index (χ0) is 14.4. The van der Waals surface area contributed by atoms with Crippen molar-refractivity contribution in [3.63, 3.8) is 0 Å². The van der Waals surface area contributed by atoms with Gasteiger partial charge in [-0.1, -0.05) is 62.4 Å². The van der Waals surface area contributed by atoms with Crippen molar-refractivity contribution in [2.45, 2.75) is 52.4 Å². The Labute approximate surface area is 121 Å². The van der Waals surface area contributed by atoms with E-state index in [1.54, 1.807) is 0 Å². The molecule has 1 heterocycles. The molecule has 0 bridgehead atoms. The Morgan fingerprint density at radius 2 is 1.95 bits per heavy atom. The molecular weight excluding hydrogens is 246 g/mol. The fourth-order valence-electron chi connectivity index (χ4n) is 2.60. The average molecular weight is 271 g/mol. The molecule has 0 aliphatic carbocycles. The summed E-state index contributed by atoms with van der Waals surface area (Å²) in [5.74, 6) is 0.610. The quantitative estimate of drug-likeness (QED) is 0.729. The smallest absolute Gasteiger partial charge is 0.153 e. The first-order chi connectivity index (χ1) is 9.72. The second-order valence-electron chi connectivity index (χ2n) is 5.50. The fraction of sp³-hybridized carbons (Fsp3) is 0.471. The molecule has 3 nitrogen and oxygen atoms in total. The van der Waals surface area contributed by atoms with Gasteiger partial charge in [-0.2, -0.15) is 5.10 Å². The molecule has 0 atom stereocenters. The standard InChI is InChI=1S/C17H25N3/c1-3-4-5-6-7-11-15-16(17(18)20-19-15)14-10-8-9-13(2)12-14/h8-10,12H,3-7,11H2,1-2H3,(H3,18,19,20). The van der Waals surface area contributed by atoms with Gasteiger partial charge in [-0.15, -0.1) is 0 Å². The molecule has 0 aliphatic heterocycles. The number of unbranched alkanes of at least 4 members (excludes halogenated alkanes) is 4. The maximum absolute atomic E-state index is 6.03. The molecule has 2 aromatic rings. The summed E-state index contributed by atoms with van der Waals surface area (Å²) in [6.45, 7) is 4.34. The number of nitrogen functional groups attached to an aromatic ring is 1. The van der Waals surface area contributed by atoms with Crippen molar-refractivity contribution in [3.05, 3.63) is 35.5 Å². The highest BCUT2D eigenvalue weighted by molar-refractivity contribution is 5.76. The van der Waals surface area contributed by atoms with E-state index < -0.39 is 0 Å². The van der Waals surface area contributed by atoms with Crippen molar-refractivity contribution >= 4 is 5.82 Å². The maximum atomic E-state index is 6.03. The van der Waals surface area contributed by atoms with E-state index in [1.807, 2.05) is 0 Å². The number of rotatable bonds is 7. The highest BCUT2D eigenvalue weighted by Gasteiger charge is 2.12. The van der Waals surface area contributed by atoms with Gasteiger partial charge in [-0.25, -0.2) is 0 Å². The monoisotopic (exact) mass is 271 g/mol. The molecule has 0 aliphatic rings. The van der Waals surface area contributed by atoms with Gasteiger partial charge in [0.25, 0.3) is 0 Å². The van der Waals surface area contributed by atoms with Gasteiger partial charge >= 0.3 is 0 Å². The highest BCUT2D eigenvalue weighted by atomic mass is 15.2. The SMILES string of the molecule is CCCCCCCc1[nH]nc(N)c1-c1cccc(C)c1. The summed E-state index contributed by atoms with van der Waals surface area (Å²) in [6.07, 6.45) is 7.43. The Morgan fingerprint density at radius 3 is 2.70 bits per heavy atom. The topological polar surface area (TPSA) is 54.7 Å². The molecule has 0 unspecified atom stereocenters. The number of nitrogens with one attached hydrogen (secondary N) is 1. The Hall–Kier alpha value is -1.77. The van der Waals surface area contributed by atoms with Gasteiger partial charge in [0.15, 0.2) is 5.82 Å². The van der Waals surface area contributed by atoms with Crippen LogP contribution in [-0.4, -0.2) is 10.2 Å². The van der Waals surface area contributed by atoms with Crippen LogP contribution < -0.4 is 5.73 Å². The molecular formula is C17H25N3. The fourth-order valence-corrected chi connectivity index (χ4v) is 2.60. The number of aromatic amines is 1. The van der Waals surface area contributed by atoms with Crippen LogP contribution in [0.3, 0.4) is 0 Å². The molecule has 0 radical (unpaired) electrons. The minimum atomic E-state index is 0.610. The highest BCUT2D eigenvalue weighted by Crippen LogP contribution is 2.29. The van der Waals surface area contributed by atoms with Crippen LogP contribution in [0.2, 0.25) is 0 Å². The van der Waals surface area contributed by atoms with Gasteiger partial charge in [0.1, 0.15) is 0 Å². The minimum Gasteiger partial charge on any atom is -0.382 e. The number of nitrogens with zero attached hydrogens (tertiary/aromatic N) is 1. The van der Waals surface area contributed by atoms with Crippen molar-refractivity contribution < 1.29 is 0 Å². The number of benzene rings is 1. The molecule has 0 saturated carbocycles. The van der Waals surface area contributed by atoms with E-state index in [2.05, 4.69) is 48.3 Å². The predicted molar refractivity (Wildman–Crippen MR) is 85.6 cm³/mol. The number of H-pyrrole nitrogens is 1. The largest absolute Gasteiger partial charge is 0.382 e. The van der Waals surface area contributed by atoms with Crippen LogP contribution in [0.15, 0.2) is 24.3 Å². The van der Waals surface area contributed by atoms with E-state index in [0.717, 1.165) is 12.0 Å². The first kappa shape index (κ1) is 14.6. The van der Waals surface area contributed by atoms with Crippen LogP contribution in [0.5, 0.6) is 0 Å². The lowest BCUT2D eigenvalue weighted by Crippen LogP contribution is -1.92. The summed E-state index contributed by atoms with van der Waals surface area (Å²) in [4.78, 5) is 0. The molecule has 0 fully saturated rings. The van der Waals surface area contributed by atoms with Crippen molar-refractivity contribution in [2.24, 2.45) is 0 Å². The van der Waals surface area contributed by atoms with E-state index in [9.17, 15) is 0 Å². The van der Waals surface area contributed by atoms with Gasteiger partial charge in [-0.3, -0.25) is 5.10 Å². The molecule has 3 N–H and O–H groups in total. The second-order valence-corrected chi connectivity index (χ2v) is 5.50. The molecule has 108 valence electrons. The molecule has 3 heteroatoms. The Balaban J connectivity index is 2.08. The third-order valence-corrected chi connectivity index (χ3v) is 3.71. The Morgan fingerprint density at radius 1 is 1.15 bits per heavy atom. The van der Waals surface area contributed by atoms with Crippen LogP contribution in [0.1, 0.15) is 50.3 Å². The van der Waals surface area contributed by atoms with E-state index in [-0.39, 0.29) is 0 Å². The first-order valence-electron chi connectivity index (χ1n) is 7.62. The van der Waals surface area contributed by atoms with Gasteiger partial charge in [0.2, 0.25) is 0 Å². The molecule has 0 amide bonds. The second kappa shape index (κ2) is 7.13. The molecule has 2 rings (SSSR count). The number of hydrogen-bond donors (Lipinski definition) is 2. The summed E-state index contributed by atoms with van der Waals surface area (Å²) in [5.41, 5.74) is 10.7. The van der Waals surface area contributed by atoms with E-state index >= 15 is 0 Å². The zero-order valence-electron chi connectivity index (χ0n) is 12.6. The summed E-state index contributed by atoms with van der Waals surface area (Å²) >= 11 is 0. The molecule has 1 aromatic heterocycles. The normalized spacial score (nSPS) is 10.9. The van der Waals surface area contributed by atoms with E-state index in [4.69, 9.17) is 5.73 Å². The third kappa shape index (κ3) is 3.62. The van der Waals surface area contributed by atoms with Gasteiger partial charge in [0.05, 0.1) is 0 Å². The summed E-state index contributed by atoms with van der Waals surface area (Å²) < 4.78 is 0. The van der Waals surface area contributed by atoms with E-state index in [1.165, 1.54) is 48.9 Å². The lowest BCUT2D eigenvalue weighted by Gasteiger charge is -2.06.